The Balaban J connectivity index is 1.82. The number of nitrogens with zero attached hydrogens (tertiary/aromatic N) is 1. The van der Waals surface area contributed by atoms with Gasteiger partial charge in [-0.25, -0.2) is 13.1 Å². The van der Waals surface area contributed by atoms with Crippen LogP contribution in [0.3, 0.4) is 0 Å². The molecule has 0 bridgehead atoms. The van der Waals surface area contributed by atoms with Gasteiger partial charge in [0, 0.05) is 25.2 Å². The van der Waals surface area contributed by atoms with E-state index in [-0.39, 0.29) is 17.3 Å². The van der Waals surface area contributed by atoms with Crippen LogP contribution in [0.1, 0.15) is 21.5 Å². The maximum Gasteiger partial charge on any atom is 0.254 e. The second-order valence-electron chi connectivity index (χ2n) is 5.91. The van der Waals surface area contributed by atoms with Gasteiger partial charge >= 0.3 is 0 Å². The highest BCUT2D eigenvalue weighted by Gasteiger charge is 2.23. The normalized spacial score (nSPS) is 14.0. The van der Waals surface area contributed by atoms with Crippen LogP contribution in [0.2, 0.25) is 0 Å². The molecular formula is C19H20N2O3S. The molecular weight excluding hydrogens is 336 g/mol. The molecule has 0 radical (unpaired) electrons. The molecule has 1 heterocycles. The summed E-state index contributed by atoms with van der Waals surface area (Å²) in [5.74, 6) is -0.157. The quantitative estimate of drug-likeness (QED) is 0.837. The van der Waals surface area contributed by atoms with Crippen molar-refractivity contribution in [3.05, 3.63) is 77.9 Å². The number of hydrogen-bond acceptors (Lipinski definition) is 3. The Labute approximate surface area is 148 Å². The third kappa shape index (κ3) is 3.81. The zero-order valence-electron chi connectivity index (χ0n) is 13.8. The molecule has 130 valence electrons. The van der Waals surface area contributed by atoms with E-state index >= 15 is 0 Å². The SMILES string of the molecule is C=CCNS(=O)(=O)c1cccc(C(=O)N2CCc3ccccc3C2)c1. The van der Waals surface area contributed by atoms with Crippen molar-refractivity contribution >= 4 is 15.9 Å². The van der Waals surface area contributed by atoms with E-state index < -0.39 is 10.0 Å². The molecule has 3 rings (SSSR count). The minimum absolute atomic E-state index is 0.0811. The summed E-state index contributed by atoms with van der Waals surface area (Å²) in [6, 6.07) is 14.2. The molecule has 0 spiro atoms. The van der Waals surface area contributed by atoms with Crippen molar-refractivity contribution in [1.82, 2.24) is 9.62 Å². The monoisotopic (exact) mass is 356 g/mol. The standard InChI is InChI=1S/C19H20N2O3S/c1-2-11-20-25(23,24)18-9-5-8-16(13-18)19(22)21-12-10-15-6-3-4-7-17(15)14-21/h2-9,13,20H,1,10-12,14H2. The zero-order valence-corrected chi connectivity index (χ0v) is 14.6. The Hall–Kier alpha value is -2.44. The van der Waals surface area contributed by atoms with Crippen LogP contribution >= 0.6 is 0 Å². The highest BCUT2D eigenvalue weighted by Crippen LogP contribution is 2.21. The molecule has 2 aromatic carbocycles. The lowest BCUT2D eigenvalue weighted by molar-refractivity contribution is 0.0734. The van der Waals surface area contributed by atoms with Crippen molar-refractivity contribution in [3.8, 4) is 0 Å². The molecule has 6 heteroatoms. The van der Waals surface area contributed by atoms with Gasteiger partial charge in [0.05, 0.1) is 4.90 Å². The first kappa shape index (κ1) is 17.4. The predicted molar refractivity (Wildman–Crippen MR) is 96.7 cm³/mol. The largest absolute Gasteiger partial charge is 0.334 e. The summed E-state index contributed by atoms with van der Waals surface area (Å²) in [7, 11) is -3.65. The van der Waals surface area contributed by atoms with Crippen molar-refractivity contribution in [2.24, 2.45) is 0 Å². The van der Waals surface area contributed by atoms with E-state index in [1.165, 1.54) is 23.8 Å². The molecule has 1 aliphatic rings. The lowest BCUT2D eigenvalue weighted by Crippen LogP contribution is -2.36. The number of fused-ring (bicyclic) bond motifs is 1. The number of benzene rings is 2. The molecule has 25 heavy (non-hydrogen) atoms. The number of hydrogen-bond donors (Lipinski definition) is 1. The first-order valence-electron chi connectivity index (χ1n) is 8.08. The Bertz CT molecular complexity index is 906. The highest BCUT2D eigenvalue weighted by molar-refractivity contribution is 7.89. The van der Waals surface area contributed by atoms with Crippen LogP contribution < -0.4 is 4.72 Å². The fraction of sp³-hybridized carbons (Fsp3) is 0.211. The second-order valence-corrected chi connectivity index (χ2v) is 7.68. The van der Waals surface area contributed by atoms with E-state index in [0.717, 1.165) is 12.0 Å². The fourth-order valence-electron chi connectivity index (χ4n) is 2.90. The summed E-state index contributed by atoms with van der Waals surface area (Å²) < 4.78 is 26.9. The average molecular weight is 356 g/mol. The summed E-state index contributed by atoms with van der Waals surface area (Å²) in [5.41, 5.74) is 2.77. The number of sulfonamides is 1. The Kier molecular flexibility index (Phi) is 5.01. The van der Waals surface area contributed by atoms with Crippen molar-refractivity contribution < 1.29 is 13.2 Å². The fourth-order valence-corrected chi connectivity index (χ4v) is 3.94. The van der Waals surface area contributed by atoms with E-state index in [1.54, 1.807) is 17.0 Å². The van der Waals surface area contributed by atoms with Gasteiger partial charge in [-0.1, -0.05) is 36.4 Å². The van der Waals surface area contributed by atoms with Crippen LogP contribution in [0.4, 0.5) is 0 Å². The van der Waals surface area contributed by atoms with E-state index in [0.29, 0.717) is 18.7 Å². The molecule has 0 atom stereocenters. The Morgan fingerprint density at radius 3 is 2.68 bits per heavy atom. The minimum atomic E-state index is -3.65. The second kappa shape index (κ2) is 7.21. The molecule has 1 aliphatic heterocycles. The van der Waals surface area contributed by atoms with Gasteiger partial charge in [0.2, 0.25) is 10.0 Å². The number of nitrogens with one attached hydrogen (secondary N) is 1. The van der Waals surface area contributed by atoms with Gasteiger partial charge in [-0.05, 0) is 35.7 Å². The maximum absolute atomic E-state index is 12.8. The lowest BCUT2D eigenvalue weighted by atomic mass is 9.99. The Morgan fingerprint density at radius 2 is 1.92 bits per heavy atom. The highest BCUT2D eigenvalue weighted by atomic mass is 32.2. The number of rotatable bonds is 5. The minimum Gasteiger partial charge on any atom is -0.334 e. The van der Waals surface area contributed by atoms with Crippen molar-refractivity contribution in [2.45, 2.75) is 17.9 Å². The maximum atomic E-state index is 12.8. The Morgan fingerprint density at radius 1 is 1.16 bits per heavy atom. The summed E-state index contributed by atoms with van der Waals surface area (Å²) in [4.78, 5) is 14.6. The molecule has 1 N–H and O–H groups in total. The smallest absolute Gasteiger partial charge is 0.254 e. The van der Waals surface area contributed by atoms with Gasteiger partial charge in [0.25, 0.3) is 5.91 Å². The molecule has 0 fully saturated rings. The van der Waals surface area contributed by atoms with Gasteiger partial charge in [-0.3, -0.25) is 4.79 Å². The third-order valence-electron chi connectivity index (χ3n) is 4.23. The molecule has 2 aromatic rings. The number of carbonyl (C=O) groups is 1. The molecule has 0 unspecified atom stereocenters. The summed E-state index contributed by atoms with van der Waals surface area (Å²) in [5, 5.41) is 0. The van der Waals surface area contributed by atoms with Gasteiger partial charge in [0.15, 0.2) is 0 Å². The molecule has 0 saturated carbocycles. The van der Waals surface area contributed by atoms with Crippen LogP contribution in [-0.2, 0) is 23.0 Å². The van der Waals surface area contributed by atoms with Gasteiger partial charge in [-0.15, -0.1) is 6.58 Å². The van der Waals surface area contributed by atoms with Crippen molar-refractivity contribution in [3.63, 3.8) is 0 Å². The molecule has 0 aliphatic carbocycles. The molecule has 1 amide bonds. The third-order valence-corrected chi connectivity index (χ3v) is 5.65. The molecule has 5 nitrogen and oxygen atoms in total. The van der Waals surface area contributed by atoms with Crippen LogP contribution in [0.5, 0.6) is 0 Å². The molecule has 0 aromatic heterocycles. The summed E-state index contributed by atoms with van der Waals surface area (Å²) >= 11 is 0. The van der Waals surface area contributed by atoms with E-state index in [1.807, 2.05) is 18.2 Å². The van der Waals surface area contributed by atoms with E-state index in [9.17, 15) is 13.2 Å². The first-order valence-corrected chi connectivity index (χ1v) is 9.56. The van der Waals surface area contributed by atoms with Crippen molar-refractivity contribution in [1.29, 1.82) is 0 Å². The zero-order chi connectivity index (χ0) is 17.9. The van der Waals surface area contributed by atoms with Crippen molar-refractivity contribution in [2.75, 3.05) is 13.1 Å². The van der Waals surface area contributed by atoms with E-state index in [4.69, 9.17) is 0 Å². The van der Waals surface area contributed by atoms with Crippen LogP contribution in [0.25, 0.3) is 0 Å². The van der Waals surface area contributed by atoms with Crippen LogP contribution in [0, 0.1) is 0 Å². The predicted octanol–water partition coefficient (Wildman–Crippen LogP) is 2.35. The molecule has 0 saturated heterocycles. The average Bonchev–Trinajstić information content (AvgIpc) is 2.65. The first-order chi connectivity index (χ1) is 12.0. The van der Waals surface area contributed by atoms with Gasteiger partial charge in [0.1, 0.15) is 0 Å². The van der Waals surface area contributed by atoms with E-state index in [2.05, 4.69) is 17.4 Å². The van der Waals surface area contributed by atoms with Gasteiger partial charge < -0.3 is 4.90 Å². The number of amides is 1. The topological polar surface area (TPSA) is 66.5 Å². The number of carbonyl (C=O) groups excluding carboxylic acids is 1. The summed E-state index contributed by atoms with van der Waals surface area (Å²) in [6.45, 7) is 4.81. The van der Waals surface area contributed by atoms with Gasteiger partial charge in [-0.2, -0.15) is 0 Å². The lowest BCUT2D eigenvalue weighted by Gasteiger charge is -2.29. The summed E-state index contributed by atoms with van der Waals surface area (Å²) in [6.07, 6.45) is 2.28. The van der Waals surface area contributed by atoms with Crippen LogP contribution in [0.15, 0.2) is 66.1 Å². The van der Waals surface area contributed by atoms with Crippen LogP contribution in [-0.4, -0.2) is 32.3 Å².